The van der Waals surface area contributed by atoms with Crippen molar-refractivity contribution in [1.29, 1.82) is 0 Å². The summed E-state index contributed by atoms with van der Waals surface area (Å²) in [5.74, 6) is 0.748. The second kappa shape index (κ2) is 8.00. The third kappa shape index (κ3) is 4.09. The van der Waals surface area contributed by atoms with Crippen LogP contribution in [0.3, 0.4) is 0 Å². The zero-order chi connectivity index (χ0) is 21.1. The first kappa shape index (κ1) is 19.1. The lowest BCUT2D eigenvalue weighted by molar-refractivity contribution is -0.384. The first-order valence-electron chi connectivity index (χ1n) is 9.24. The Morgan fingerprint density at radius 1 is 1.03 bits per heavy atom. The molecule has 2 aromatic carbocycles. The van der Waals surface area contributed by atoms with Crippen LogP contribution in [0.4, 0.5) is 29.0 Å². The smallest absolute Gasteiger partial charge is 0.269 e. The third-order valence-corrected chi connectivity index (χ3v) is 4.68. The highest BCUT2D eigenvalue weighted by atomic mass is 16.6. The van der Waals surface area contributed by atoms with Gasteiger partial charge in [0.2, 0.25) is 5.95 Å². The van der Waals surface area contributed by atoms with Crippen molar-refractivity contribution in [2.45, 2.75) is 12.5 Å². The van der Waals surface area contributed by atoms with Crippen molar-refractivity contribution in [1.82, 2.24) is 9.97 Å². The van der Waals surface area contributed by atoms with Gasteiger partial charge in [-0.3, -0.25) is 10.1 Å². The van der Waals surface area contributed by atoms with Gasteiger partial charge in [-0.1, -0.05) is 36.4 Å². The van der Waals surface area contributed by atoms with Gasteiger partial charge in [-0.2, -0.15) is 9.97 Å². The van der Waals surface area contributed by atoms with Gasteiger partial charge < -0.3 is 16.8 Å². The summed E-state index contributed by atoms with van der Waals surface area (Å²) in [6, 6.07) is 16.1. The maximum atomic E-state index is 10.8. The summed E-state index contributed by atoms with van der Waals surface area (Å²) in [5.41, 5.74) is 14.9. The number of anilines is 3. The van der Waals surface area contributed by atoms with E-state index >= 15 is 0 Å². The standard InChI is InChI=1S/C21H19N7O2/c22-19-18-20(27-21(23)26-19)25-17(14-4-2-1-3-5-14)12-15(24-18)9-6-13-7-10-16(11-8-13)28(29)30/h1-11,17H,12H2,(H5,22,23,25,26,27)/b9-6+. The Morgan fingerprint density at radius 2 is 1.77 bits per heavy atom. The molecule has 1 aromatic heterocycles. The van der Waals surface area contributed by atoms with Gasteiger partial charge in [0, 0.05) is 24.3 Å². The number of nitrogens with zero attached hydrogens (tertiary/aromatic N) is 4. The fourth-order valence-corrected chi connectivity index (χ4v) is 3.21. The van der Waals surface area contributed by atoms with Gasteiger partial charge in [-0.05, 0) is 29.3 Å². The number of nitro groups is 1. The zero-order valence-corrected chi connectivity index (χ0v) is 15.9. The van der Waals surface area contributed by atoms with Crippen LogP contribution < -0.4 is 16.8 Å². The number of hydrogen-bond acceptors (Lipinski definition) is 8. The number of hydrogen-bond donors (Lipinski definition) is 3. The quantitative estimate of drug-likeness (QED) is 0.444. The lowest BCUT2D eigenvalue weighted by Crippen LogP contribution is -2.14. The van der Waals surface area contributed by atoms with Crippen molar-refractivity contribution in [3.05, 3.63) is 81.9 Å². The summed E-state index contributed by atoms with van der Waals surface area (Å²) in [6.45, 7) is 0. The maximum absolute atomic E-state index is 10.8. The van der Waals surface area contributed by atoms with E-state index in [4.69, 9.17) is 11.5 Å². The molecule has 0 aliphatic carbocycles. The fourth-order valence-electron chi connectivity index (χ4n) is 3.21. The summed E-state index contributed by atoms with van der Waals surface area (Å²) in [4.78, 5) is 23.4. The van der Waals surface area contributed by atoms with Crippen LogP contribution in [-0.4, -0.2) is 20.6 Å². The second-order valence-electron chi connectivity index (χ2n) is 6.76. The Bertz CT molecular complexity index is 1140. The van der Waals surface area contributed by atoms with Crippen LogP contribution in [0.1, 0.15) is 23.6 Å². The Morgan fingerprint density at radius 3 is 2.47 bits per heavy atom. The molecule has 5 N–H and O–H groups in total. The largest absolute Gasteiger partial charge is 0.382 e. The Balaban J connectivity index is 1.70. The molecule has 1 aliphatic heterocycles. The molecule has 0 amide bonds. The van der Waals surface area contributed by atoms with Crippen LogP contribution in [0, 0.1) is 10.1 Å². The van der Waals surface area contributed by atoms with E-state index in [1.165, 1.54) is 12.1 Å². The summed E-state index contributed by atoms with van der Waals surface area (Å²) in [6.07, 6.45) is 4.29. The molecule has 9 nitrogen and oxygen atoms in total. The minimum atomic E-state index is -0.426. The van der Waals surface area contributed by atoms with E-state index in [0.717, 1.165) is 16.8 Å². The van der Waals surface area contributed by atoms with Crippen molar-refractivity contribution in [2.24, 2.45) is 4.99 Å². The molecule has 1 atom stereocenters. The molecule has 3 aromatic rings. The molecule has 4 rings (SSSR count). The summed E-state index contributed by atoms with van der Waals surface area (Å²) < 4.78 is 0. The van der Waals surface area contributed by atoms with E-state index < -0.39 is 4.92 Å². The number of nitrogens with one attached hydrogen (secondary N) is 1. The van der Waals surface area contributed by atoms with E-state index in [9.17, 15) is 10.1 Å². The molecule has 30 heavy (non-hydrogen) atoms. The lowest BCUT2D eigenvalue weighted by atomic mass is 10.0. The molecular weight excluding hydrogens is 382 g/mol. The van der Waals surface area contributed by atoms with Crippen LogP contribution in [-0.2, 0) is 0 Å². The molecule has 0 saturated heterocycles. The monoisotopic (exact) mass is 401 g/mol. The third-order valence-electron chi connectivity index (χ3n) is 4.68. The molecule has 9 heteroatoms. The minimum absolute atomic E-state index is 0.0451. The number of nitro benzene ring substituents is 1. The predicted octanol–water partition coefficient (Wildman–Crippen LogP) is 3.89. The highest BCUT2D eigenvalue weighted by molar-refractivity contribution is 6.02. The number of non-ortho nitro benzene ring substituents is 1. The normalized spacial score (nSPS) is 15.7. The maximum Gasteiger partial charge on any atom is 0.269 e. The molecule has 0 bridgehead atoms. The zero-order valence-electron chi connectivity index (χ0n) is 15.9. The molecule has 0 radical (unpaired) electrons. The number of nitrogen functional groups attached to an aromatic ring is 2. The van der Waals surface area contributed by atoms with Gasteiger partial charge in [0.15, 0.2) is 11.6 Å². The highest BCUT2D eigenvalue weighted by Crippen LogP contribution is 2.36. The molecule has 1 unspecified atom stereocenters. The molecule has 0 saturated carbocycles. The number of aliphatic imine (C=N–C) groups is 1. The topological polar surface area (TPSA) is 145 Å². The van der Waals surface area contributed by atoms with E-state index in [0.29, 0.717) is 17.9 Å². The van der Waals surface area contributed by atoms with Crippen LogP contribution in [0.25, 0.3) is 6.08 Å². The Kier molecular flexibility index (Phi) is 5.08. The number of benzene rings is 2. The molecule has 0 spiro atoms. The number of allylic oxidation sites excluding steroid dienone is 1. The van der Waals surface area contributed by atoms with E-state index in [1.54, 1.807) is 12.1 Å². The van der Waals surface area contributed by atoms with Crippen LogP contribution in [0.5, 0.6) is 0 Å². The Labute approximate surface area is 172 Å². The first-order valence-corrected chi connectivity index (χ1v) is 9.24. The second-order valence-corrected chi connectivity index (χ2v) is 6.76. The van der Waals surface area contributed by atoms with Gasteiger partial charge in [-0.25, -0.2) is 4.99 Å². The molecular formula is C21H19N7O2. The lowest BCUT2D eigenvalue weighted by Gasteiger charge is -2.18. The van der Waals surface area contributed by atoms with Gasteiger partial charge >= 0.3 is 0 Å². The number of aromatic nitrogens is 2. The van der Waals surface area contributed by atoms with Crippen molar-refractivity contribution in [2.75, 3.05) is 16.8 Å². The van der Waals surface area contributed by atoms with Gasteiger partial charge in [0.1, 0.15) is 5.69 Å². The summed E-state index contributed by atoms with van der Waals surface area (Å²) >= 11 is 0. The van der Waals surface area contributed by atoms with E-state index in [2.05, 4.69) is 20.3 Å². The van der Waals surface area contributed by atoms with Crippen molar-refractivity contribution in [3.63, 3.8) is 0 Å². The van der Waals surface area contributed by atoms with Gasteiger partial charge in [-0.15, -0.1) is 0 Å². The summed E-state index contributed by atoms with van der Waals surface area (Å²) in [5, 5.41) is 14.2. The average molecular weight is 401 g/mol. The van der Waals surface area contributed by atoms with E-state index in [1.807, 2.05) is 42.5 Å². The van der Waals surface area contributed by atoms with E-state index in [-0.39, 0.29) is 23.5 Å². The van der Waals surface area contributed by atoms with Gasteiger partial charge in [0.05, 0.1) is 11.0 Å². The fraction of sp³-hybridized carbons (Fsp3) is 0.0952. The number of fused-ring (bicyclic) bond motifs is 1. The van der Waals surface area contributed by atoms with Crippen LogP contribution in [0.2, 0.25) is 0 Å². The first-order chi connectivity index (χ1) is 14.5. The highest BCUT2D eigenvalue weighted by Gasteiger charge is 2.22. The van der Waals surface area contributed by atoms with Crippen LogP contribution in [0.15, 0.2) is 65.7 Å². The predicted molar refractivity (Wildman–Crippen MR) is 118 cm³/mol. The van der Waals surface area contributed by atoms with Crippen molar-refractivity contribution >= 4 is 40.7 Å². The molecule has 150 valence electrons. The van der Waals surface area contributed by atoms with Crippen molar-refractivity contribution < 1.29 is 4.92 Å². The Hall–Kier alpha value is -4.27. The SMILES string of the molecule is Nc1nc(N)c2c(n1)NC(c1ccccc1)CC(/C=C/c1ccc([N+](=O)[O-])cc1)=N2. The molecule has 2 heterocycles. The average Bonchev–Trinajstić information content (AvgIpc) is 2.93. The van der Waals surface area contributed by atoms with Crippen LogP contribution >= 0.6 is 0 Å². The number of rotatable bonds is 4. The minimum Gasteiger partial charge on any atom is -0.382 e. The molecule has 1 aliphatic rings. The van der Waals surface area contributed by atoms with Gasteiger partial charge in [0.25, 0.3) is 5.69 Å². The number of nitrogens with two attached hydrogens (primary N) is 2. The summed E-state index contributed by atoms with van der Waals surface area (Å²) in [7, 11) is 0. The van der Waals surface area contributed by atoms with Crippen molar-refractivity contribution in [3.8, 4) is 0 Å². The molecule has 0 fully saturated rings.